The summed E-state index contributed by atoms with van der Waals surface area (Å²) in [6.45, 7) is -0.190. The number of nitrogens with one attached hydrogen (secondary N) is 3. The number of hydrogen-bond donors (Lipinski definition) is 3. The fourth-order valence-electron chi connectivity index (χ4n) is 4.83. The Morgan fingerprint density at radius 2 is 1.97 bits per heavy atom. The molecule has 2 aliphatic carbocycles. The molecule has 0 spiro atoms. The lowest BCUT2D eigenvalue weighted by Gasteiger charge is -2.62. The van der Waals surface area contributed by atoms with Gasteiger partial charge in [-0.1, -0.05) is 11.6 Å². The smallest absolute Gasteiger partial charge is 0.258 e. The van der Waals surface area contributed by atoms with Gasteiger partial charge in [-0.15, -0.1) is 0 Å². The molecule has 7 nitrogen and oxygen atoms in total. The molecule has 1 heterocycles. The van der Waals surface area contributed by atoms with Gasteiger partial charge in [0.25, 0.3) is 5.91 Å². The minimum Gasteiger partial charge on any atom is -0.484 e. The van der Waals surface area contributed by atoms with Gasteiger partial charge >= 0.3 is 0 Å². The maximum atomic E-state index is 13.5. The number of carbonyl (C=O) groups excluding carboxylic acids is 2. The molecule has 0 radical (unpaired) electrons. The molecular weight excluding hydrogens is 473 g/mol. The van der Waals surface area contributed by atoms with Crippen LogP contribution in [0.2, 0.25) is 5.02 Å². The van der Waals surface area contributed by atoms with E-state index in [1.54, 1.807) is 0 Å². The van der Waals surface area contributed by atoms with Crippen LogP contribution in [-0.4, -0.2) is 33.9 Å². The fourth-order valence-corrected chi connectivity index (χ4v) is 4.95. The third kappa shape index (κ3) is 4.06. The van der Waals surface area contributed by atoms with E-state index in [9.17, 15) is 22.8 Å². The van der Waals surface area contributed by atoms with Gasteiger partial charge in [-0.05, 0) is 37.3 Å². The van der Waals surface area contributed by atoms with Gasteiger partial charge in [-0.2, -0.15) is 0 Å². The lowest BCUT2D eigenvalue weighted by atomic mass is 9.47. The van der Waals surface area contributed by atoms with Crippen LogP contribution in [0.5, 0.6) is 5.75 Å². The number of nitrogens with zero attached hydrogens (tertiary/aromatic N) is 1. The molecule has 2 saturated carbocycles. The standard InChI is InChI=1S/C23H20ClF3N4O3/c24-14-2-1-11(5-15(14)25)34-10-21(32)31-23-4-3-13(23)12(8-23)22(33)28-9-20-29-18-6-16(26)17(27)7-19(18)30-20/h1-2,5-7,12-13H,3-4,8-10H2,(H,28,33)(H,29,30)(H,31,32). The molecule has 3 unspecified atom stereocenters. The number of aromatic nitrogens is 2. The molecule has 11 heteroatoms. The fraction of sp³-hybridized carbons (Fsp3) is 0.348. The van der Waals surface area contributed by atoms with Crippen molar-refractivity contribution in [3.05, 3.63) is 58.6 Å². The third-order valence-electron chi connectivity index (χ3n) is 6.67. The monoisotopic (exact) mass is 492 g/mol. The first kappa shape index (κ1) is 22.5. The second-order valence-electron chi connectivity index (χ2n) is 8.71. The number of hydrogen-bond acceptors (Lipinski definition) is 4. The normalized spacial score (nSPS) is 22.9. The Kier molecular flexibility index (Phi) is 5.63. The van der Waals surface area contributed by atoms with Gasteiger partial charge in [0.15, 0.2) is 18.2 Å². The molecule has 5 rings (SSSR count). The summed E-state index contributed by atoms with van der Waals surface area (Å²) in [4.78, 5) is 32.0. The molecule has 0 aliphatic heterocycles. The summed E-state index contributed by atoms with van der Waals surface area (Å²) in [5.74, 6) is -2.76. The molecular formula is C23H20ClF3N4O3. The van der Waals surface area contributed by atoms with Crippen LogP contribution in [0.25, 0.3) is 11.0 Å². The highest BCUT2D eigenvalue weighted by molar-refractivity contribution is 6.30. The lowest BCUT2D eigenvalue weighted by Crippen LogP contribution is -2.72. The Hall–Kier alpha value is -3.27. The van der Waals surface area contributed by atoms with Crippen molar-refractivity contribution in [2.75, 3.05) is 6.61 Å². The van der Waals surface area contributed by atoms with Gasteiger partial charge < -0.3 is 20.4 Å². The van der Waals surface area contributed by atoms with E-state index < -0.39 is 23.0 Å². The van der Waals surface area contributed by atoms with Crippen molar-refractivity contribution in [2.24, 2.45) is 11.8 Å². The highest BCUT2D eigenvalue weighted by Gasteiger charge is 2.62. The first-order valence-electron chi connectivity index (χ1n) is 10.7. The van der Waals surface area contributed by atoms with E-state index in [-0.39, 0.29) is 53.1 Å². The van der Waals surface area contributed by atoms with Crippen molar-refractivity contribution in [1.29, 1.82) is 0 Å². The van der Waals surface area contributed by atoms with Gasteiger partial charge in [0.2, 0.25) is 5.91 Å². The van der Waals surface area contributed by atoms with Crippen LogP contribution in [0.15, 0.2) is 30.3 Å². The van der Waals surface area contributed by atoms with Crippen molar-refractivity contribution >= 4 is 34.4 Å². The number of H-pyrrole nitrogens is 1. The molecule has 0 saturated heterocycles. The van der Waals surface area contributed by atoms with Crippen molar-refractivity contribution in [3.63, 3.8) is 0 Å². The van der Waals surface area contributed by atoms with Crippen LogP contribution in [0.4, 0.5) is 13.2 Å². The Balaban J connectivity index is 1.11. The minimum atomic E-state index is -0.988. The molecule has 2 aromatic carbocycles. The third-order valence-corrected chi connectivity index (χ3v) is 6.98. The summed E-state index contributed by atoms with van der Waals surface area (Å²) in [5.41, 5.74) is 0.189. The molecule has 2 amide bonds. The first-order valence-corrected chi connectivity index (χ1v) is 11.1. The van der Waals surface area contributed by atoms with E-state index in [0.29, 0.717) is 17.8 Å². The highest BCUT2D eigenvalue weighted by Crippen LogP contribution is 2.57. The van der Waals surface area contributed by atoms with Gasteiger partial charge in [0.05, 0.1) is 22.6 Å². The second kappa shape index (κ2) is 8.50. The summed E-state index contributed by atoms with van der Waals surface area (Å²) in [5, 5.41) is 5.73. The Morgan fingerprint density at radius 1 is 1.18 bits per heavy atom. The van der Waals surface area contributed by atoms with E-state index in [1.807, 2.05) is 0 Å². The molecule has 34 heavy (non-hydrogen) atoms. The predicted octanol–water partition coefficient (Wildman–Crippen LogP) is 3.61. The Labute approximate surface area is 197 Å². The first-order chi connectivity index (χ1) is 16.2. The molecule has 3 N–H and O–H groups in total. The van der Waals surface area contributed by atoms with Crippen LogP contribution < -0.4 is 15.4 Å². The number of halogens is 4. The van der Waals surface area contributed by atoms with E-state index in [2.05, 4.69) is 20.6 Å². The molecule has 3 aromatic rings. The molecule has 3 atom stereocenters. The van der Waals surface area contributed by atoms with Gasteiger partial charge in [-0.3, -0.25) is 9.59 Å². The number of imidazole rings is 1. The van der Waals surface area contributed by atoms with Crippen LogP contribution in [-0.2, 0) is 16.1 Å². The summed E-state index contributed by atoms with van der Waals surface area (Å²) in [6, 6.07) is 5.95. The van der Waals surface area contributed by atoms with Gasteiger partial charge in [0.1, 0.15) is 17.4 Å². The van der Waals surface area contributed by atoms with Crippen molar-refractivity contribution in [3.8, 4) is 5.75 Å². The zero-order chi connectivity index (χ0) is 24.0. The summed E-state index contributed by atoms with van der Waals surface area (Å²) in [7, 11) is 0. The number of rotatable bonds is 7. The summed E-state index contributed by atoms with van der Waals surface area (Å²) < 4.78 is 45.5. The quantitative estimate of drug-likeness (QED) is 0.469. The Bertz CT molecular complexity index is 1260. The molecule has 178 valence electrons. The average Bonchev–Trinajstić information content (AvgIpc) is 3.18. The Morgan fingerprint density at radius 3 is 2.68 bits per heavy atom. The predicted molar refractivity (Wildman–Crippen MR) is 116 cm³/mol. The van der Waals surface area contributed by atoms with Crippen LogP contribution >= 0.6 is 11.6 Å². The molecule has 2 fully saturated rings. The molecule has 0 bridgehead atoms. The summed E-state index contributed by atoms with van der Waals surface area (Å²) >= 11 is 5.63. The van der Waals surface area contributed by atoms with Crippen LogP contribution in [0, 0.1) is 29.3 Å². The van der Waals surface area contributed by atoms with Gasteiger partial charge in [-0.25, -0.2) is 18.2 Å². The van der Waals surface area contributed by atoms with Crippen LogP contribution in [0.3, 0.4) is 0 Å². The van der Waals surface area contributed by atoms with Crippen molar-refractivity contribution in [1.82, 2.24) is 20.6 Å². The van der Waals surface area contributed by atoms with E-state index in [4.69, 9.17) is 16.3 Å². The molecule has 1 aromatic heterocycles. The van der Waals surface area contributed by atoms with Crippen molar-refractivity contribution < 1.29 is 27.5 Å². The number of benzene rings is 2. The molecule has 2 aliphatic rings. The maximum Gasteiger partial charge on any atom is 0.258 e. The second-order valence-corrected chi connectivity index (χ2v) is 9.12. The largest absolute Gasteiger partial charge is 0.484 e. The van der Waals surface area contributed by atoms with Crippen LogP contribution in [0.1, 0.15) is 25.1 Å². The van der Waals surface area contributed by atoms with Gasteiger partial charge in [0, 0.05) is 29.7 Å². The maximum absolute atomic E-state index is 13.5. The highest BCUT2D eigenvalue weighted by atomic mass is 35.5. The summed E-state index contributed by atoms with van der Waals surface area (Å²) in [6.07, 6.45) is 2.08. The lowest BCUT2D eigenvalue weighted by molar-refractivity contribution is -0.154. The van der Waals surface area contributed by atoms with E-state index in [1.165, 1.54) is 12.1 Å². The van der Waals surface area contributed by atoms with Crippen molar-refractivity contribution in [2.45, 2.75) is 31.3 Å². The number of ether oxygens (including phenoxy) is 1. The number of fused-ring (bicyclic) bond motifs is 2. The number of carbonyl (C=O) groups is 2. The zero-order valence-electron chi connectivity index (χ0n) is 17.8. The zero-order valence-corrected chi connectivity index (χ0v) is 18.5. The SMILES string of the molecule is O=C(COc1ccc(Cl)c(F)c1)NC12CCC1C(C(=O)NCc1nc3cc(F)c(F)cc3[nH]1)C2. The topological polar surface area (TPSA) is 96.1 Å². The van der Waals surface area contributed by atoms with E-state index >= 15 is 0 Å². The average molecular weight is 493 g/mol. The number of aromatic amines is 1. The minimum absolute atomic E-state index is 0.0169. The van der Waals surface area contributed by atoms with E-state index in [0.717, 1.165) is 31.0 Å². The number of amides is 2.